The molecule has 0 unspecified atom stereocenters. The van der Waals surface area contributed by atoms with Gasteiger partial charge in [-0.05, 0) is 31.0 Å². The molecule has 1 N–H and O–H groups in total. The summed E-state index contributed by atoms with van der Waals surface area (Å²) in [4.78, 5) is 5.48. The molecule has 2 aliphatic heterocycles. The van der Waals surface area contributed by atoms with Crippen molar-refractivity contribution in [1.29, 1.82) is 5.26 Å². The van der Waals surface area contributed by atoms with Crippen LogP contribution in [0.4, 0.5) is 18.9 Å². The molecule has 5 nitrogen and oxygen atoms in total. The van der Waals surface area contributed by atoms with E-state index in [2.05, 4.69) is 4.99 Å². The number of rotatable bonds is 1. The van der Waals surface area contributed by atoms with Crippen LogP contribution in [-0.4, -0.2) is 47.0 Å². The highest BCUT2D eigenvalue weighted by molar-refractivity contribution is 6.32. The summed E-state index contributed by atoms with van der Waals surface area (Å²) in [6.07, 6.45) is -7.65. The van der Waals surface area contributed by atoms with Crippen LogP contribution < -0.4 is 0 Å². The zero-order valence-corrected chi connectivity index (χ0v) is 13.3. The predicted molar refractivity (Wildman–Crippen MR) is 80.0 cm³/mol. The molecule has 2 heterocycles. The molecule has 0 saturated carbocycles. The van der Waals surface area contributed by atoms with Crippen LogP contribution in [0.15, 0.2) is 17.1 Å². The fraction of sp³-hybridized carbons (Fsp3) is 0.467. The number of halogens is 4. The molecule has 0 amide bonds. The van der Waals surface area contributed by atoms with E-state index in [4.69, 9.17) is 21.6 Å². The average Bonchev–Trinajstić information content (AvgIpc) is 3.06. The molecule has 2 aliphatic rings. The van der Waals surface area contributed by atoms with Gasteiger partial charge >= 0.3 is 6.18 Å². The number of aliphatic imine (C=N–C) groups is 1. The lowest BCUT2D eigenvalue weighted by Crippen LogP contribution is -2.45. The van der Waals surface area contributed by atoms with Crippen molar-refractivity contribution < 1.29 is 23.0 Å². The Morgan fingerprint density at radius 3 is 2.79 bits per heavy atom. The van der Waals surface area contributed by atoms with E-state index < -0.39 is 24.4 Å². The molecule has 128 valence electrons. The Kier molecular flexibility index (Phi) is 4.10. The van der Waals surface area contributed by atoms with E-state index in [9.17, 15) is 18.3 Å². The van der Waals surface area contributed by atoms with Crippen LogP contribution in [0.3, 0.4) is 0 Å². The molecule has 0 aromatic heterocycles. The van der Waals surface area contributed by atoms with E-state index in [1.165, 1.54) is 17.0 Å². The summed E-state index contributed by atoms with van der Waals surface area (Å²) in [7, 11) is 0. The fourth-order valence-electron chi connectivity index (χ4n) is 2.97. The van der Waals surface area contributed by atoms with E-state index in [-0.39, 0.29) is 29.6 Å². The van der Waals surface area contributed by atoms with Crippen LogP contribution in [0.1, 0.15) is 17.5 Å². The SMILES string of the molecule is Cc1c(/N=C2\O[C@@H](C(F)(F)F)[C@@H]3[C@@H](O)CCN23)ccc(C#N)c1Cl. The third-order valence-electron chi connectivity index (χ3n) is 4.23. The van der Waals surface area contributed by atoms with Gasteiger partial charge in [-0.25, -0.2) is 0 Å². The fourth-order valence-corrected chi connectivity index (χ4v) is 3.18. The minimum atomic E-state index is -4.61. The zero-order valence-electron chi connectivity index (χ0n) is 12.5. The first kappa shape index (κ1) is 16.9. The first-order chi connectivity index (χ1) is 11.2. The van der Waals surface area contributed by atoms with Gasteiger partial charge in [-0.3, -0.25) is 0 Å². The van der Waals surface area contributed by atoms with Gasteiger partial charge in [-0.1, -0.05) is 11.6 Å². The summed E-state index contributed by atoms with van der Waals surface area (Å²) in [6, 6.07) is 3.48. The van der Waals surface area contributed by atoms with E-state index >= 15 is 0 Å². The Hall–Kier alpha value is -1.98. The van der Waals surface area contributed by atoms with Crippen LogP contribution in [0.5, 0.6) is 0 Å². The number of hydrogen-bond acceptors (Lipinski definition) is 4. The summed E-state index contributed by atoms with van der Waals surface area (Å²) in [5, 5.41) is 19.0. The largest absolute Gasteiger partial charge is 0.450 e. The highest BCUT2D eigenvalue weighted by Gasteiger charge is 2.59. The molecular weight excluding hydrogens is 347 g/mol. The van der Waals surface area contributed by atoms with Crippen molar-refractivity contribution in [2.24, 2.45) is 4.99 Å². The molecule has 9 heteroatoms. The predicted octanol–water partition coefficient (Wildman–Crippen LogP) is 2.90. The van der Waals surface area contributed by atoms with Gasteiger partial charge in [0.05, 0.1) is 22.4 Å². The minimum Gasteiger partial charge on any atom is -0.450 e. The summed E-state index contributed by atoms with van der Waals surface area (Å²) in [5.74, 6) is 0. The number of benzene rings is 1. The van der Waals surface area contributed by atoms with Crippen molar-refractivity contribution in [3.8, 4) is 6.07 Å². The number of nitriles is 1. The van der Waals surface area contributed by atoms with Gasteiger partial charge in [0.1, 0.15) is 12.1 Å². The number of amidine groups is 1. The smallest absolute Gasteiger partial charge is 0.427 e. The molecule has 3 atom stereocenters. The average molecular weight is 360 g/mol. The van der Waals surface area contributed by atoms with Gasteiger partial charge in [0.25, 0.3) is 6.02 Å². The zero-order chi connectivity index (χ0) is 17.6. The Morgan fingerprint density at radius 1 is 1.46 bits per heavy atom. The van der Waals surface area contributed by atoms with Gasteiger partial charge < -0.3 is 14.7 Å². The molecule has 1 aromatic carbocycles. The molecule has 0 radical (unpaired) electrons. The quantitative estimate of drug-likeness (QED) is 0.837. The van der Waals surface area contributed by atoms with E-state index in [0.717, 1.165) is 0 Å². The Labute approximate surface area is 140 Å². The molecule has 0 spiro atoms. The molecule has 2 saturated heterocycles. The molecular formula is C15H13ClF3N3O2. The van der Waals surface area contributed by atoms with Crippen molar-refractivity contribution in [3.05, 3.63) is 28.3 Å². The van der Waals surface area contributed by atoms with Crippen LogP contribution in [0.2, 0.25) is 5.02 Å². The second-order valence-corrected chi connectivity index (χ2v) is 6.08. The molecule has 0 bridgehead atoms. The van der Waals surface area contributed by atoms with Crippen LogP contribution in [0.25, 0.3) is 0 Å². The maximum atomic E-state index is 13.2. The monoisotopic (exact) mass is 359 g/mol. The molecule has 0 aliphatic carbocycles. The number of alkyl halides is 3. The maximum Gasteiger partial charge on any atom is 0.427 e. The minimum absolute atomic E-state index is 0.192. The number of aliphatic hydroxyl groups excluding tert-OH is 1. The van der Waals surface area contributed by atoms with E-state index in [0.29, 0.717) is 11.3 Å². The van der Waals surface area contributed by atoms with Crippen LogP contribution >= 0.6 is 11.6 Å². The normalized spacial score (nSPS) is 28.0. The van der Waals surface area contributed by atoms with Gasteiger partial charge in [0.15, 0.2) is 0 Å². The lowest BCUT2D eigenvalue weighted by molar-refractivity contribution is -0.203. The number of ether oxygens (including phenoxy) is 1. The number of fused-ring (bicyclic) bond motifs is 1. The van der Waals surface area contributed by atoms with Gasteiger partial charge in [0.2, 0.25) is 6.10 Å². The standard InChI is InChI=1S/C15H13ClF3N3O2/c1-7-9(3-2-8(6-20)11(7)16)21-14-22-5-4-10(23)12(22)13(24-14)15(17,18)19/h2-3,10,12-13,23H,4-5H2,1H3/b21-14-/t10-,12-,13+/m0/s1. The second kappa shape index (κ2) is 5.83. The third kappa shape index (κ3) is 2.68. The Balaban J connectivity index is 2.00. The first-order valence-electron chi connectivity index (χ1n) is 7.20. The molecule has 2 fully saturated rings. The van der Waals surface area contributed by atoms with Crippen molar-refractivity contribution >= 4 is 23.3 Å². The van der Waals surface area contributed by atoms with Gasteiger partial charge in [-0.2, -0.15) is 23.4 Å². The van der Waals surface area contributed by atoms with Gasteiger partial charge in [0, 0.05) is 6.54 Å². The molecule has 1 aromatic rings. The second-order valence-electron chi connectivity index (χ2n) is 5.70. The van der Waals surface area contributed by atoms with E-state index in [1.807, 2.05) is 6.07 Å². The van der Waals surface area contributed by atoms with Crippen molar-refractivity contribution in [2.75, 3.05) is 6.54 Å². The molecule has 24 heavy (non-hydrogen) atoms. The van der Waals surface area contributed by atoms with Gasteiger partial charge in [-0.15, -0.1) is 0 Å². The lowest BCUT2D eigenvalue weighted by atomic mass is 10.1. The summed E-state index contributed by atoms with van der Waals surface area (Å²) < 4.78 is 44.5. The third-order valence-corrected chi connectivity index (χ3v) is 4.71. The van der Waals surface area contributed by atoms with Crippen LogP contribution in [0, 0.1) is 18.3 Å². The summed E-state index contributed by atoms with van der Waals surface area (Å²) >= 11 is 6.05. The number of aliphatic hydroxyl groups is 1. The Bertz CT molecular complexity index is 745. The van der Waals surface area contributed by atoms with E-state index in [1.54, 1.807) is 6.92 Å². The summed E-state index contributed by atoms with van der Waals surface area (Å²) in [5.41, 5.74) is 1.05. The lowest BCUT2D eigenvalue weighted by Gasteiger charge is -2.21. The Morgan fingerprint density at radius 2 is 2.17 bits per heavy atom. The first-order valence-corrected chi connectivity index (χ1v) is 7.58. The number of nitrogens with zero attached hydrogens (tertiary/aromatic N) is 3. The molecule has 3 rings (SSSR count). The van der Waals surface area contributed by atoms with Crippen molar-refractivity contribution in [1.82, 2.24) is 4.90 Å². The summed E-state index contributed by atoms with van der Waals surface area (Å²) in [6.45, 7) is 1.84. The van der Waals surface area contributed by atoms with Crippen molar-refractivity contribution in [2.45, 2.75) is 37.8 Å². The highest BCUT2D eigenvalue weighted by Crippen LogP contribution is 2.39. The topological polar surface area (TPSA) is 68.8 Å². The van der Waals surface area contributed by atoms with Crippen LogP contribution in [-0.2, 0) is 4.74 Å². The number of hydrogen-bond donors (Lipinski definition) is 1. The highest BCUT2D eigenvalue weighted by atomic mass is 35.5. The maximum absolute atomic E-state index is 13.2. The van der Waals surface area contributed by atoms with Crippen molar-refractivity contribution in [3.63, 3.8) is 0 Å².